The maximum atomic E-state index is 12.1. The minimum atomic E-state index is -3.79. The van der Waals surface area contributed by atoms with Gasteiger partial charge in [-0.25, -0.2) is 17.9 Å². The lowest BCUT2D eigenvalue weighted by atomic mass is 10.1. The van der Waals surface area contributed by atoms with Gasteiger partial charge in [0, 0.05) is 12.6 Å². The van der Waals surface area contributed by atoms with Crippen LogP contribution >= 0.6 is 0 Å². The quantitative estimate of drug-likeness (QED) is 0.716. The van der Waals surface area contributed by atoms with Crippen molar-refractivity contribution < 1.29 is 23.4 Å². The van der Waals surface area contributed by atoms with Crippen LogP contribution in [0.15, 0.2) is 23.1 Å². The molecule has 0 aliphatic rings. The van der Waals surface area contributed by atoms with E-state index in [0.29, 0.717) is 0 Å². The third kappa shape index (κ3) is 3.76. The monoisotopic (exact) mass is 287 g/mol. The molecule has 0 aromatic heterocycles. The van der Waals surface area contributed by atoms with Gasteiger partial charge in [-0.1, -0.05) is 6.07 Å². The summed E-state index contributed by atoms with van der Waals surface area (Å²) in [7, 11) is -3.79. The highest BCUT2D eigenvalue weighted by Crippen LogP contribution is 2.19. The number of carboxylic acids is 1. The van der Waals surface area contributed by atoms with Gasteiger partial charge in [0.05, 0.1) is 10.5 Å². The molecule has 1 rings (SSSR count). The third-order valence-corrected chi connectivity index (χ3v) is 4.46. The lowest BCUT2D eigenvalue weighted by Crippen LogP contribution is -2.33. The molecule has 1 aromatic rings. The van der Waals surface area contributed by atoms with Crippen molar-refractivity contribution in [1.82, 2.24) is 4.72 Å². The molecule has 0 aliphatic heterocycles. The molecular formula is C12H17NO5S. The van der Waals surface area contributed by atoms with Gasteiger partial charge >= 0.3 is 5.97 Å². The van der Waals surface area contributed by atoms with Crippen molar-refractivity contribution in [3.05, 3.63) is 29.3 Å². The maximum Gasteiger partial charge on any atom is 0.335 e. The Bertz CT molecular complexity index is 567. The summed E-state index contributed by atoms with van der Waals surface area (Å²) in [5.41, 5.74) is 0.149. The number of aliphatic hydroxyl groups excluding tert-OH is 1. The van der Waals surface area contributed by atoms with E-state index in [1.165, 1.54) is 25.1 Å². The molecule has 1 atom stereocenters. The van der Waals surface area contributed by atoms with Crippen molar-refractivity contribution in [1.29, 1.82) is 0 Å². The van der Waals surface area contributed by atoms with Crippen LogP contribution in [0.4, 0.5) is 0 Å². The summed E-state index contributed by atoms with van der Waals surface area (Å²) in [6.45, 7) is 2.96. The molecule has 3 N–H and O–H groups in total. The zero-order chi connectivity index (χ0) is 14.6. The fourth-order valence-electron chi connectivity index (χ4n) is 1.72. The van der Waals surface area contributed by atoms with Crippen molar-refractivity contribution in [3.8, 4) is 0 Å². The van der Waals surface area contributed by atoms with Crippen LogP contribution in [0.3, 0.4) is 0 Å². The lowest BCUT2D eigenvalue weighted by Gasteiger charge is -2.15. The molecule has 0 aliphatic carbocycles. The first-order valence-corrected chi connectivity index (χ1v) is 7.24. The van der Waals surface area contributed by atoms with Gasteiger partial charge in [-0.2, -0.15) is 0 Å². The summed E-state index contributed by atoms with van der Waals surface area (Å²) in [5, 5.41) is 17.7. The van der Waals surface area contributed by atoms with E-state index in [0.717, 1.165) is 0 Å². The minimum absolute atomic E-state index is 0.0438. The Morgan fingerprint density at radius 3 is 2.58 bits per heavy atom. The second-order valence-electron chi connectivity index (χ2n) is 4.27. The van der Waals surface area contributed by atoms with Crippen LogP contribution < -0.4 is 4.72 Å². The summed E-state index contributed by atoms with van der Waals surface area (Å²) in [4.78, 5) is 10.9. The molecule has 19 heavy (non-hydrogen) atoms. The van der Waals surface area contributed by atoms with E-state index in [9.17, 15) is 13.2 Å². The molecule has 0 fully saturated rings. The SMILES string of the molecule is Cc1c(C(=O)O)cccc1S(=O)(=O)NC(C)CCO. The smallest absolute Gasteiger partial charge is 0.335 e. The molecule has 0 saturated heterocycles. The molecule has 1 aromatic carbocycles. The summed E-state index contributed by atoms with van der Waals surface area (Å²) >= 11 is 0. The molecule has 0 bridgehead atoms. The number of carbonyl (C=O) groups is 1. The highest BCUT2D eigenvalue weighted by atomic mass is 32.2. The molecule has 0 saturated carbocycles. The standard InChI is InChI=1S/C12H17NO5S/c1-8(6-7-14)13-19(17,18)11-5-3-4-10(9(11)2)12(15)16/h3-5,8,13-14H,6-7H2,1-2H3,(H,15,16). The normalized spacial score (nSPS) is 13.2. The average Bonchev–Trinajstić information content (AvgIpc) is 2.27. The van der Waals surface area contributed by atoms with Crippen LogP contribution in [0, 0.1) is 6.92 Å². The fourth-order valence-corrected chi connectivity index (χ4v) is 3.26. The topological polar surface area (TPSA) is 104 Å². The van der Waals surface area contributed by atoms with Gasteiger partial charge in [0.1, 0.15) is 0 Å². The number of nitrogens with one attached hydrogen (secondary N) is 1. The molecule has 6 nitrogen and oxygen atoms in total. The van der Waals surface area contributed by atoms with Crippen LogP contribution in [0.2, 0.25) is 0 Å². The first-order valence-electron chi connectivity index (χ1n) is 5.75. The van der Waals surface area contributed by atoms with E-state index in [4.69, 9.17) is 10.2 Å². The molecule has 0 radical (unpaired) electrons. The molecule has 1 unspecified atom stereocenters. The molecule has 0 heterocycles. The van der Waals surface area contributed by atoms with Gasteiger partial charge in [-0.05, 0) is 38.0 Å². The lowest BCUT2D eigenvalue weighted by molar-refractivity contribution is 0.0696. The number of aromatic carboxylic acids is 1. The number of hydrogen-bond donors (Lipinski definition) is 3. The summed E-state index contributed by atoms with van der Waals surface area (Å²) in [6, 6.07) is 3.67. The van der Waals surface area contributed by atoms with E-state index in [2.05, 4.69) is 4.72 Å². The Hall–Kier alpha value is -1.44. The predicted octanol–water partition coefficient (Wildman–Crippen LogP) is 0.742. The summed E-state index contributed by atoms with van der Waals surface area (Å²) in [5.74, 6) is -1.17. The average molecular weight is 287 g/mol. The largest absolute Gasteiger partial charge is 0.478 e. The van der Waals surface area contributed by atoms with Gasteiger partial charge in [-0.3, -0.25) is 0 Å². The highest BCUT2D eigenvalue weighted by Gasteiger charge is 2.22. The molecule has 106 valence electrons. The molecule has 0 spiro atoms. The van der Waals surface area contributed by atoms with Gasteiger partial charge in [-0.15, -0.1) is 0 Å². The number of carboxylic acid groups (broad SMARTS) is 1. The Kier molecular flexibility index (Phi) is 5.04. The number of sulfonamides is 1. The van der Waals surface area contributed by atoms with Crippen molar-refractivity contribution in [3.63, 3.8) is 0 Å². The van der Waals surface area contributed by atoms with Crippen LogP contribution in [0.1, 0.15) is 29.3 Å². The molecule has 7 heteroatoms. The Morgan fingerprint density at radius 1 is 1.42 bits per heavy atom. The van der Waals surface area contributed by atoms with Gasteiger partial charge in [0.25, 0.3) is 0 Å². The van der Waals surface area contributed by atoms with Crippen LogP contribution in [0.5, 0.6) is 0 Å². The van der Waals surface area contributed by atoms with E-state index in [1.54, 1.807) is 6.92 Å². The number of hydrogen-bond acceptors (Lipinski definition) is 4. The Balaban J connectivity index is 3.15. The zero-order valence-corrected chi connectivity index (χ0v) is 11.6. The van der Waals surface area contributed by atoms with Crippen LogP contribution in [-0.4, -0.2) is 37.2 Å². The van der Waals surface area contributed by atoms with Crippen LogP contribution in [-0.2, 0) is 10.0 Å². The molecule has 0 amide bonds. The van der Waals surface area contributed by atoms with E-state index < -0.39 is 22.0 Å². The van der Waals surface area contributed by atoms with Crippen molar-refractivity contribution >= 4 is 16.0 Å². The second kappa shape index (κ2) is 6.14. The summed E-state index contributed by atoms with van der Waals surface area (Å²) in [6.07, 6.45) is 0.289. The van der Waals surface area contributed by atoms with Crippen molar-refractivity contribution in [2.45, 2.75) is 31.2 Å². The minimum Gasteiger partial charge on any atom is -0.478 e. The zero-order valence-electron chi connectivity index (χ0n) is 10.8. The van der Waals surface area contributed by atoms with E-state index in [-0.39, 0.29) is 29.1 Å². The van der Waals surface area contributed by atoms with Crippen molar-refractivity contribution in [2.75, 3.05) is 6.61 Å². The first kappa shape index (κ1) is 15.6. The maximum absolute atomic E-state index is 12.1. The fraction of sp³-hybridized carbons (Fsp3) is 0.417. The highest BCUT2D eigenvalue weighted by molar-refractivity contribution is 7.89. The molecular weight excluding hydrogens is 270 g/mol. The van der Waals surface area contributed by atoms with Crippen LogP contribution in [0.25, 0.3) is 0 Å². The van der Waals surface area contributed by atoms with E-state index in [1.807, 2.05) is 0 Å². The van der Waals surface area contributed by atoms with E-state index >= 15 is 0 Å². The van der Waals surface area contributed by atoms with Crippen molar-refractivity contribution in [2.24, 2.45) is 0 Å². The third-order valence-electron chi connectivity index (χ3n) is 2.72. The second-order valence-corrected chi connectivity index (χ2v) is 5.95. The first-order chi connectivity index (χ1) is 8.79. The number of aliphatic hydroxyl groups is 1. The number of benzene rings is 1. The van der Waals surface area contributed by atoms with Gasteiger partial charge < -0.3 is 10.2 Å². The Morgan fingerprint density at radius 2 is 2.05 bits per heavy atom. The Labute approximate surface area is 112 Å². The van der Waals surface area contributed by atoms with Gasteiger partial charge in [0.2, 0.25) is 10.0 Å². The van der Waals surface area contributed by atoms with Gasteiger partial charge in [0.15, 0.2) is 0 Å². The summed E-state index contributed by atoms with van der Waals surface area (Å²) < 4.78 is 26.7. The predicted molar refractivity (Wildman–Crippen MR) is 69.6 cm³/mol. The number of rotatable bonds is 6.